The fourth-order valence-electron chi connectivity index (χ4n) is 0. The predicted octanol–water partition coefficient (Wildman–Crippen LogP) is -9.67. The summed E-state index contributed by atoms with van der Waals surface area (Å²) < 4.78 is 0. The van der Waals surface area contributed by atoms with E-state index in [1.165, 1.54) is 0 Å². The van der Waals surface area contributed by atoms with Crippen LogP contribution in [0.3, 0.4) is 0 Å². The minimum absolute atomic E-state index is 0. The molecule has 25 heavy (non-hydrogen) atoms. The Bertz CT molecular complexity index is 116. The zero-order chi connectivity index (χ0) is 0. The van der Waals surface area contributed by atoms with Crippen LogP contribution < -0.4 is 0 Å². The summed E-state index contributed by atoms with van der Waals surface area (Å²) in [5, 5.41) is 0. The summed E-state index contributed by atoms with van der Waals surface area (Å²) in [6, 6.07) is 0. The fourth-order valence-corrected chi connectivity index (χ4v) is 0. The molecular formula is H20AgBBaBeBiCaCdCeCsFeHgLaLiMgMnMoNaNdPbSSiTaTbTeTl. The first-order valence-corrected chi connectivity index (χ1v) is 0. The Morgan fingerprint density at radius 1 is 1.00 bits per heavy atom. The molecule has 0 heterocycles. The summed E-state index contributed by atoms with van der Waals surface area (Å²) in [7, 11) is 0. The van der Waals surface area contributed by atoms with Gasteiger partial charge in [-0.2, -0.15) is 13.5 Å². The SMILES string of the molecule is B.S.[Ag].[BaH2].[BeH2].[Bi].[CaH2].[Cd].[Ce].[CsH].[Fe].[Hg].[La].[LiH].[MgH2].[Mn].[Mo].[NaH].[Nd].[Pb].[SiH4].[Ta].[Tb].[Te].[Tl]. The van der Waals surface area contributed by atoms with E-state index >= 15 is 0 Å². The van der Waals surface area contributed by atoms with Gasteiger partial charge >= 0.3 is 237 Å². The Morgan fingerprint density at radius 3 is 1.00 bits per heavy atom. The Balaban J connectivity index is 0. The normalized spacial score (nSPS) is 0. The third-order valence-corrected chi connectivity index (χ3v) is 0. The second-order valence-electron chi connectivity index (χ2n) is 0. The Labute approximate surface area is 661 Å². The van der Waals surface area contributed by atoms with Gasteiger partial charge in [-0.1, -0.05) is 0 Å². The molecule has 0 aromatic rings. The van der Waals surface area contributed by atoms with E-state index in [0.29, 0.717) is 0 Å². The average molecular weight is 2600 g/mol. The van der Waals surface area contributed by atoms with Crippen LogP contribution in [0.15, 0.2) is 0 Å². The standard InChI is InChI=1S/Ag.BH3.Ba.Be.Bi.Ca.Cd.Ce.Cs.Fe.Hg.La.Li.Mg.Mn.Mo.Na.Nd.Pb.H2S.H4Si.Ta.Tb.Te.Tl.11H/h;1H3;;;;;;;;;;;;;;;;;;1H2;1H4;;;;;;;;;;;;;;;. The van der Waals surface area contributed by atoms with E-state index < -0.39 is 0 Å². The number of hydrogen-bond donors (Lipinski definition) is 0. The van der Waals surface area contributed by atoms with Crippen LogP contribution in [0.2, 0.25) is 0 Å². The average Bonchev–Trinajstić information content (AvgIpc) is 0. The molecule has 123 valence electrons. The molecule has 0 bridgehead atoms. The van der Waals surface area contributed by atoms with Crippen molar-refractivity contribution in [1.82, 2.24) is 0 Å². The Hall–Kier alpha value is 21.8. The van der Waals surface area contributed by atoms with Crippen molar-refractivity contribution >= 4 is 374 Å². The summed E-state index contributed by atoms with van der Waals surface area (Å²) in [5.74, 6) is 0. The van der Waals surface area contributed by atoms with Crippen LogP contribution >= 0.6 is 13.5 Å². The van der Waals surface area contributed by atoms with Crippen molar-refractivity contribution in [2.24, 2.45) is 0 Å². The molecule has 0 saturated carbocycles. The van der Waals surface area contributed by atoms with E-state index in [1.807, 2.05) is 0 Å². The van der Waals surface area contributed by atoms with E-state index in [1.54, 1.807) is 0 Å². The molecule has 0 aliphatic heterocycles. The van der Waals surface area contributed by atoms with Gasteiger partial charge in [0.05, 0.1) is 8.41 Å². The first-order chi connectivity index (χ1) is 0. The van der Waals surface area contributed by atoms with E-state index in [2.05, 4.69) is 0 Å². The zero-order valence-corrected chi connectivity index (χ0v) is 53.5. The van der Waals surface area contributed by atoms with Gasteiger partial charge in [0, 0.05) is 416 Å². The topological polar surface area (TPSA) is 0 Å². The van der Waals surface area contributed by atoms with E-state index in [0.717, 1.165) is 0 Å². The van der Waals surface area contributed by atoms with Gasteiger partial charge < -0.3 is 0 Å². The van der Waals surface area contributed by atoms with Crippen LogP contribution in [0.4, 0.5) is 0 Å². The molecule has 0 rings (SSSR count). The molecule has 15 radical (unpaired) electrons. The van der Waals surface area contributed by atoms with Crippen LogP contribution in [0.5, 0.6) is 0 Å². The maximum atomic E-state index is 0. The molecule has 0 spiro atoms. The molecule has 0 aliphatic rings. The molecule has 25 heteroatoms. The first-order valence-electron chi connectivity index (χ1n) is 0. The quantitative estimate of drug-likeness (QED) is 0.212. The molecule has 0 saturated heterocycles. The van der Waals surface area contributed by atoms with E-state index in [9.17, 15) is 0 Å². The van der Waals surface area contributed by atoms with Crippen molar-refractivity contribution < 1.29 is 312 Å². The molecule has 0 unspecified atom stereocenters. The molecule has 0 fully saturated rings. The molecule has 0 N–H and O–H groups in total. The summed E-state index contributed by atoms with van der Waals surface area (Å²) in [6.45, 7) is 0. The number of hydrogen-bond acceptors (Lipinski definition) is 0. The molecular weight excluding hydrogens is 2580 g/mol. The van der Waals surface area contributed by atoms with Crippen LogP contribution in [0.1, 0.15) is 0 Å². The number of rotatable bonds is 0. The fraction of sp³-hybridized carbons (Fsp3) is 0. The van der Waals surface area contributed by atoms with Gasteiger partial charge in [-0.25, -0.2) is 0 Å². The van der Waals surface area contributed by atoms with Crippen LogP contribution in [0, 0.1) is 157 Å². The molecule has 0 atom stereocenters. The Morgan fingerprint density at radius 2 is 1.00 bits per heavy atom. The van der Waals surface area contributed by atoms with Crippen molar-refractivity contribution in [3.63, 3.8) is 0 Å². The van der Waals surface area contributed by atoms with Gasteiger partial charge in [-0.3, -0.25) is 0 Å². The second kappa shape index (κ2) is 193. The van der Waals surface area contributed by atoms with Gasteiger partial charge in [-0.15, -0.1) is 0 Å². The second-order valence-corrected chi connectivity index (χ2v) is 0. The molecule has 0 amide bonds. The molecule has 0 aromatic carbocycles. The van der Waals surface area contributed by atoms with Crippen molar-refractivity contribution in [3.05, 3.63) is 0 Å². The summed E-state index contributed by atoms with van der Waals surface area (Å²) in [6.07, 6.45) is 0. The van der Waals surface area contributed by atoms with E-state index in [4.69, 9.17) is 0 Å². The van der Waals surface area contributed by atoms with Gasteiger partial charge in [0.25, 0.3) is 0 Å². The van der Waals surface area contributed by atoms with Crippen LogP contribution in [-0.4, -0.2) is 361 Å². The van der Waals surface area contributed by atoms with Crippen molar-refractivity contribution in [3.8, 4) is 0 Å². The van der Waals surface area contributed by atoms with Crippen molar-refractivity contribution in [2.45, 2.75) is 0 Å². The summed E-state index contributed by atoms with van der Waals surface area (Å²) in [5.41, 5.74) is 0. The zero-order valence-electron chi connectivity index (χ0n) is 7.65. The minimum atomic E-state index is 0. The molecule has 0 aromatic heterocycles. The molecule has 0 nitrogen and oxygen atoms in total. The summed E-state index contributed by atoms with van der Waals surface area (Å²) in [4.78, 5) is 0. The maximum Gasteiger partial charge on any atom is 0 e. The third kappa shape index (κ3) is 185. The van der Waals surface area contributed by atoms with E-state index in [-0.39, 0.29) is 686 Å². The monoisotopic (exact) mass is 2610 g/mol. The van der Waals surface area contributed by atoms with Gasteiger partial charge in [0.15, 0.2) is 0 Å². The van der Waals surface area contributed by atoms with Crippen LogP contribution in [-0.2, 0) is 155 Å². The predicted molar refractivity (Wildman–Crippen MR) is 110 cm³/mol. The summed E-state index contributed by atoms with van der Waals surface area (Å²) >= 11 is 0. The first kappa shape index (κ1) is 206. The third-order valence-electron chi connectivity index (χ3n) is 0. The Kier molecular flexibility index (Phi) is 1600. The van der Waals surface area contributed by atoms with Crippen molar-refractivity contribution in [2.75, 3.05) is 0 Å². The van der Waals surface area contributed by atoms with Gasteiger partial charge in [-0.05, 0) is 11.0 Å². The largest absolute Gasteiger partial charge is 0.0149 e. The van der Waals surface area contributed by atoms with Crippen LogP contribution in [0.25, 0.3) is 0 Å². The maximum absolute atomic E-state index is 0. The minimum Gasteiger partial charge on any atom is -0.0149 e. The van der Waals surface area contributed by atoms with Gasteiger partial charge in [0.1, 0.15) is 0 Å². The molecule has 0 aliphatic carbocycles. The van der Waals surface area contributed by atoms with Crippen molar-refractivity contribution in [1.29, 1.82) is 0 Å². The smallest absolute Gasteiger partial charge is 0 e. The van der Waals surface area contributed by atoms with Gasteiger partial charge in [0.2, 0.25) is 0 Å².